The van der Waals surface area contributed by atoms with Gasteiger partial charge in [-0.15, -0.1) is 0 Å². The zero-order valence-corrected chi connectivity index (χ0v) is 11.2. The number of halogens is 4. The molecule has 0 bridgehead atoms. The van der Waals surface area contributed by atoms with Crippen LogP contribution >= 0.6 is 0 Å². The molecule has 2 rings (SSSR count). The molecule has 0 aromatic heterocycles. The fourth-order valence-electron chi connectivity index (χ4n) is 1.97. The minimum atomic E-state index is -4.42. The largest absolute Gasteiger partial charge is 0.311 e. The highest BCUT2D eigenvalue weighted by Crippen LogP contribution is 2.31. The van der Waals surface area contributed by atoms with E-state index in [1.807, 2.05) is 0 Å². The van der Waals surface area contributed by atoms with Gasteiger partial charge >= 0.3 is 12.3 Å². The van der Waals surface area contributed by atoms with E-state index < -0.39 is 33.8 Å². The molecule has 0 heterocycles. The summed E-state index contributed by atoms with van der Waals surface area (Å²) in [5.41, 5.74) is -0.0281. The predicted octanol–water partition coefficient (Wildman–Crippen LogP) is 3.53. The molecule has 0 fully saturated rings. The molecular weight excluding hydrogens is 312 g/mol. The van der Waals surface area contributed by atoms with Gasteiger partial charge in [-0.05, 0) is 28.5 Å². The van der Waals surface area contributed by atoms with Crippen LogP contribution in [0, 0.1) is 0 Å². The van der Waals surface area contributed by atoms with Gasteiger partial charge < -0.3 is 0 Å². The summed E-state index contributed by atoms with van der Waals surface area (Å²) >= 11 is 0. The molecule has 114 valence electrons. The van der Waals surface area contributed by atoms with Crippen LogP contribution in [0.15, 0.2) is 41.3 Å². The Morgan fingerprint density at radius 1 is 1.14 bits per heavy atom. The number of benzene rings is 2. The van der Waals surface area contributed by atoms with Gasteiger partial charge in [0.25, 0.3) is 10.1 Å². The van der Waals surface area contributed by atoms with E-state index in [0.29, 0.717) is 0 Å². The van der Waals surface area contributed by atoms with Crippen LogP contribution in [-0.2, 0) is 16.5 Å². The lowest BCUT2D eigenvalue weighted by molar-refractivity contribution is -0.126. The molecule has 2 aromatic rings. The second-order valence-corrected chi connectivity index (χ2v) is 5.94. The van der Waals surface area contributed by atoms with E-state index in [1.165, 1.54) is 24.3 Å². The molecule has 3 nitrogen and oxygen atoms in total. The van der Waals surface area contributed by atoms with Crippen LogP contribution in [0.4, 0.5) is 17.6 Å². The summed E-state index contributed by atoms with van der Waals surface area (Å²) in [4.78, 5) is -0.396. The first-order valence-corrected chi connectivity index (χ1v) is 7.20. The van der Waals surface area contributed by atoms with Crippen molar-refractivity contribution in [3.05, 3.63) is 42.0 Å². The van der Waals surface area contributed by atoms with Crippen molar-refractivity contribution in [2.75, 3.05) is 0 Å². The second kappa shape index (κ2) is 5.27. The predicted molar refractivity (Wildman–Crippen MR) is 68.4 cm³/mol. The lowest BCUT2D eigenvalue weighted by Crippen LogP contribution is -2.29. The van der Waals surface area contributed by atoms with Gasteiger partial charge in [0.05, 0.1) is 4.90 Å². The summed E-state index contributed by atoms with van der Waals surface area (Å²) in [5.74, 6) is -4.17. The molecule has 0 atom stereocenters. The Morgan fingerprint density at radius 2 is 1.81 bits per heavy atom. The molecule has 1 N–H and O–H groups in total. The lowest BCUT2D eigenvalue weighted by Gasteiger charge is -2.16. The van der Waals surface area contributed by atoms with Crippen LogP contribution < -0.4 is 0 Å². The van der Waals surface area contributed by atoms with Crippen molar-refractivity contribution in [3.8, 4) is 0 Å². The molecule has 0 aliphatic heterocycles. The normalized spacial score (nSPS) is 13.0. The van der Waals surface area contributed by atoms with E-state index in [1.54, 1.807) is 0 Å². The summed E-state index contributed by atoms with van der Waals surface area (Å²) in [5, 5.41) is 0.484. The van der Waals surface area contributed by atoms with Crippen molar-refractivity contribution < 1.29 is 30.5 Å². The maximum Gasteiger partial charge on any atom is 0.311 e. The number of fused-ring (bicyclic) bond motifs is 1. The Balaban J connectivity index is 2.53. The molecule has 0 radical (unpaired) electrons. The van der Waals surface area contributed by atoms with Crippen LogP contribution in [0.3, 0.4) is 0 Å². The average molecular weight is 322 g/mol. The van der Waals surface area contributed by atoms with Gasteiger partial charge in [0.1, 0.15) is 0 Å². The highest BCUT2D eigenvalue weighted by molar-refractivity contribution is 7.85. The van der Waals surface area contributed by atoms with Gasteiger partial charge in [0, 0.05) is 6.42 Å². The number of alkyl halides is 4. The Kier molecular flexibility index (Phi) is 3.94. The molecule has 21 heavy (non-hydrogen) atoms. The first-order chi connectivity index (χ1) is 9.61. The highest BCUT2D eigenvalue weighted by atomic mass is 32.2. The van der Waals surface area contributed by atoms with E-state index in [-0.39, 0.29) is 16.3 Å². The van der Waals surface area contributed by atoms with Gasteiger partial charge in [0.15, 0.2) is 0 Å². The molecule has 8 heteroatoms. The number of rotatable bonds is 4. The monoisotopic (exact) mass is 322 g/mol. The van der Waals surface area contributed by atoms with E-state index >= 15 is 0 Å². The van der Waals surface area contributed by atoms with Crippen LogP contribution in [0.2, 0.25) is 0 Å². The third-order valence-electron chi connectivity index (χ3n) is 2.99. The highest BCUT2D eigenvalue weighted by Gasteiger charge is 2.40. The molecule has 0 amide bonds. The molecule has 0 aliphatic carbocycles. The SMILES string of the molecule is O=S(=O)(O)c1ccc2c(CC(F)(F)C(F)F)cccc2c1. The van der Waals surface area contributed by atoms with Crippen molar-refractivity contribution >= 4 is 20.9 Å². The van der Waals surface area contributed by atoms with Crippen LogP contribution in [0.25, 0.3) is 10.8 Å². The van der Waals surface area contributed by atoms with Gasteiger partial charge in [-0.2, -0.15) is 17.2 Å². The minimum absolute atomic E-state index is 0.0281. The first kappa shape index (κ1) is 15.7. The topological polar surface area (TPSA) is 54.4 Å². The Hall–Kier alpha value is -1.67. The molecule has 0 aliphatic rings. The third kappa shape index (κ3) is 3.33. The van der Waals surface area contributed by atoms with Crippen molar-refractivity contribution in [2.45, 2.75) is 23.7 Å². The summed E-state index contributed by atoms with van der Waals surface area (Å²) in [6, 6.07) is 7.39. The standard InChI is InChI=1S/C13H10F4O3S/c14-12(15)13(16,17)7-9-3-1-2-8-6-10(21(18,19)20)4-5-11(8)9/h1-6,12H,7H2,(H,18,19,20). The quantitative estimate of drug-likeness (QED) is 0.692. The first-order valence-electron chi connectivity index (χ1n) is 5.76. The van der Waals surface area contributed by atoms with Gasteiger partial charge in [-0.1, -0.05) is 24.3 Å². The summed E-state index contributed by atoms with van der Waals surface area (Å²) < 4.78 is 81.8. The van der Waals surface area contributed by atoms with Crippen LogP contribution in [-0.4, -0.2) is 25.3 Å². The summed E-state index contributed by atoms with van der Waals surface area (Å²) in [7, 11) is -4.42. The smallest absolute Gasteiger partial charge is 0.282 e. The Bertz CT molecular complexity index is 772. The van der Waals surface area contributed by atoms with Crippen molar-refractivity contribution in [1.82, 2.24) is 0 Å². The minimum Gasteiger partial charge on any atom is -0.282 e. The van der Waals surface area contributed by atoms with Crippen LogP contribution in [0.5, 0.6) is 0 Å². The van der Waals surface area contributed by atoms with E-state index in [4.69, 9.17) is 4.55 Å². The Labute approximate surface area is 117 Å². The fraction of sp³-hybridized carbons (Fsp3) is 0.231. The van der Waals surface area contributed by atoms with Crippen molar-refractivity contribution in [3.63, 3.8) is 0 Å². The Morgan fingerprint density at radius 3 is 2.38 bits per heavy atom. The van der Waals surface area contributed by atoms with Crippen molar-refractivity contribution in [2.24, 2.45) is 0 Å². The molecule has 0 saturated carbocycles. The van der Waals surface area contributed by atoms with E-state index in [2.05, 4.69) is 0 Å². The zero-order chi connectivity index (χ0) is 15.8. The van der Waals surface area contributed by atoms with Gasteiger partial charge in [0.2, 0.25) is 0 Å². The fourth-order valence-corrected chi connectivity index (χ4v) is 2.49. The van der Waals surface area contributed by atoms with Crippen LogP contribution in [0.1, 0.15) is 5.56 Å². The maximum absolute atomic E-state index is 13.1. The maximum atomic E-state index is 13.1. The number of hydrogen-bond acceptors (Lipinski definition) is 2. The van der Waals surface area contributed by atoms with E-state index in [0.717, 1.165) is 12.1 Å². The molecule has 0 unspecified atom stereocenters. The molecule has 2 aromatic carbocycles. The number of hydrogen-bond donors (Lipinski definition) is 1. The van der Waals surface area contributed by atoms with Gasteiger partial charge in [-0.25, -0.2) is 8.78 Å². The molecular formula is C13H10F4O3S. The summed E-state index contributed by atoms with van der Waals surface area (Å²) in [6.07, 6.45) is -4.95. The van der Waals surface area contributed by atoms with Gasteiger partial charge in [-0.3, -0.25) is 4.55 Å². The molecule has 0 saturated heterocycles. The van der Waals surface area contributed by atoms with E-state index in [9.17, 15) is 26.0 Å². The summed E-state index contributed by atoms with van der Waals surface area (Å²) in [6.45, 7) is 0. The zero-order valence-electron chi connectivity index (χ0n) is 10.4. The third-order valence-corrected chi connectivity index (χ3v) is 3.84. The average Bonchev–Trinajstić information content (AvgIpc) is 2.37. The second-order valence-electron chi connectivity index (χ2n) is 4.51. The van der Waals surface area contributed by atoms with Crippen molar-refractivity contribution in [1.29, 1.82) is 0 Å². The lowest BCUT2D eigenvalue weighted by atomic mass is 9.99. The molecule has 0 spiro atoms.